The maximum atomic E-state index is 12.8. The second kappa shape index (κ2) is 60.1. The molecule has 0 rings (SSSR count). The standard InChI is InChI=1S/C66H114O6/c1-4-7-10-13-16-18-20-22-24-26-28-30-31-32-33-34-35-37-38-40-42-44-46-48-50-53-56-59-65(68)71-62-63(61-70-64(67)58-55-52-15-12-9-6-3)72-66(69)60-57-54-51-49-47-45-43-41-39-36-29-27-25-23-21-19-17-14-11-8-5-2/h7,10,16,18,21-24,27-30,32-33,63H,4-6,8-9,11-15,17,19-20,25-26,31,34-62H2,1-3H3/b10-7-,18-16-,23-21-,24-22-,29-27-,30-28-,33-32-. The molecule has 0 aromatic heterocycles. The Morgan fingerprint density at radius 2 is 0.542 bits per heavy atom. The van der Waals surface area contributed by atoms with E-state index < -0.39 is 6.10 Å². The van der Waals surface area contributed by atoms with Gasteiger partial charge in [0.15, 0.2) is 6.10 Å². The first-order valence-electron chi connectivity index (χ1n) is 30.6. The van der Waals surface area contributed by atoms with Gasteiger partial charge in [-0.05, 0) is 96.3 Å². The van der Waals surface area contributed by atoms with E-state index in [1.54, 1.807) is 0 Å². The highest BCUT2D eigenvalue weighted by molar-refractivity contribution is 5.71. The number of carbonyl (C=O) groups excluding carboxylic acids is 3. The van der Waals surface area contributed by atoms with Gasteiger partial charge in [0.2, 0.25) is 0 Å². The van der Waals surface area contributed by atoms with Crippen LogP contribution in [0.15, 0.2) is 85.1 Å². The minimum absolute atomic E-state index is 0.0776. The third kappa shape index (κ3) is 57.5. The van der Waals surface area contributed by atoms with E-state index in [-0.39, 0.29) is 31.1 Å². The summed E-state index contributed by atoms with van der Waals surface area (Å²) in [5.41, 5.74) is 0. The molecule has 0 heterocycles. The van der Waals surface area contributed by atoms with E-state index in [9.17, 15) is 14.4 Å². The number of carbonyl (C=O) groups is 3. The molecule has 0 aromatic rings. The zero-order chi connectivity index (χ0) is 52.2. The lowest BCUT2D eigenvalue weighted by Crippen LogP contribution is -2.30. The summed E-state index contributed by atoms with van der Waals surface area (Å²) in [4.78, 5) is 38.0. The second-order valence-corrected chi connectivity index (χ2v) is 20.2. The van der Waals surface area contributed by atoms with Crippen LogP contribution in [-0.2, 0) is 28.6 Å². The first kappa shape index (κ1) is 68.6. The average Bonchev–Trinajstić information content (AvgIpc) is 3.38. The summed E-state index contributed by atoms with van der Waals surface area (Å²) in [6.07, 6.45) is 79.0. The van der Waals surface area contributed by atoms with Crippen molar-refractivity contribution in [3.63, 3.8) is 0 Å². The van der Waals surface area contributed by atoms with Gasteiger partial charge in [-0.1, -0.05) is 266 Å². The van der Waals surface area contributed by atoms with Crippen LogP contribution in [0.1, 0.15) is 297 Å². The maximum absolute atomic E-state index is 12.8. The fraction of sp³-hybridized carbons (Fsp3) is 0.742. The first-order chi connectivity index (χ1) is 35.5. The van der Waals surface area contributed by atoms with Gasteiger partial charge in [0, 0.05) is 19.3 Å². The lowest BCUT2D eigenvalue weighted by Gasteiger charge is -2.18. The van der Waals surface area contributed by atoms with Crippen LogP contribution in [0.5, 0.6) is 0 Å². The fourth-order valence-corrected chi connectivity index (χ4v) is 8.56. The number of rotatable bonds is 55. The van der Waals surface area contributed by atoms with Gasteiger partial charge in [0.25, 0.3) is 0 Å². The molecule has 0 aromatic carbocycles. The van der Waals surface area contributed by atoms with Crippen molar-refractivity contribution in [3.8, 4) is 0 Å². The predicted molar refractivity (Wildman–Crippen MR) is 311 cm³/mol. The van der Waals surface area contributed by atoms with Crippen molar-refractivity contribution in [2.45, 2.75) is 303 Å². The Hall–Kier alpha value is -3.41. The summed E-state index contributed by atoms with van der Waals surface area (Å²) in [5.74, 6) is -0.887. The highest BCUT2D eigenvalue weighted by Crippen LogP contribution is 2.16. The fourth-order valence-electron chi connectivity index (χ4n) is 8.56. The first-order valence-corrected chi connectivity index (χ1v) is 30.6. The topological polar surface area (TPSA) is 78.9 Å². The maximum Gasteiger partial charge on any atom is 0.306 e. The van der Waals surface area contributed by atoms with E-state index in [0.717, 1.165) is 96.3 Å². The van der Waals surface area contributed by atoms with Crippen LogP contribution in [0.3, 0.4) is 0 Å². The van der Waals surface area contributed by atoms with Crippen LogP contribution in [0, 0.1) is 0 Å². The van der Waals surface area contributed by atoms with Crippen molar-refractivity contribution >= 4 is 17.9 Å². The Balaban J connectivity index is 4.12. The Morgan fingerprint density at radius 1 is 0.292 bits per heavy atom. The molecule has 0 aliphatic rings. The molecule has 0 fully saturated rings. The van der Waals surface area contributed by atoms with E-state index >= 15 is 0 Å². The van der Waals surface area contributed by atoms with E-state index in [2.05, 4.69) is 106 Å². The molecule has 414 valence electrons. The molecular weight excluding hydrogens is 889 g/mol. The molecule has 0 amide bonds. The van der Waals surface area contributed by atoms with E-state index in [4.69, 9.17) is 14.2 Å². The molecule has 6 nitrogen and oxygen atoms in total. The summed E-state index contributed by atoms with van der Waals surface area (Å²) in [5, 5.41) is 0. The molecule has 72 heavy (non-hydrogen) atoms. The van der Waals surface area contributed by atoms with Crippen molar-refractivity contribution in [2.75, 3.05) is 13.2 Å². The minimum atomic E-state index is -0.777. The average molecular weight is 1000 g/mol. The van der Waals surface area contributed by atoms with Crippen LogP contribution >= 0.6 is 0 Å². The Labute approximate surface area is 445 Å². The zero-order valence-electron chi connectivity index (χ0n) is 47.4. The molecule has 0 saturated carbocycles. The Kier molecular flexibility index (Phi) is 57.3. The molecular formula is C66H114O6. The summed E-state index contributed by atoms with van der Waals surface area (Å²) in [7, 11) is 0. The van der Waals surface area contributed by atoms with Gasteiger partial charge in [-0.3, -0.25) is 14.4 Å². The Bertz CT molecular complexity index is 1380. The van der Waals surface area contributed by atoms with Gasteiger partial charge in [0.1, 0.15) is 13.2 Å². The van der Waals surface area contributed by atoms with Gasteiger partial charge < -0.3 is 14.2 Å². The number of hydrogen-bond acceptors (Lipinski definition) is 6. The van der Waals surface area contributed by atoms with Gasteiger partial charge in [-0.25, -0.2) is 0 Å². The third-order valence-corrected chi connectivity index (χ3v) is 13.1. The highest BCUT2D eigenvalue weighted by Gasteiger charge is 2.19. The largest absolute Gasteiger partial charge is 0.462 e. The second-order valence-electron chi connectivity index (χ2n) is 20.2. The van der Waals surface area contributed by atoms with Gasteiger partial charge in [-0.2, -0.15) is 0 Å². The number of esters is 3. The van der Waals surface area contributed by atoms with Crippen molar-refractivity contribution < 1.29 is 28.6 Å². The summed E-state index contributed by atoms with van der Waals surface area (Å²) in [6, 6.07) is 0. The van der Waals surface area contributed by atoms with Crippen molar-refractivity contribution in [1.29, 1.82) is 0 Å². The number of ether oxygens (including phenoxy) is 3. The molecule has 0 aliphatic carbocycles. The third-order valence-electron chi connectivity index (χ3n) is 13.1. The normalized spacial score (nSPS) is 12.7. The highest BCUT2D eigenvalue weighted by atomic mass is 16.6. The molecule has 0 aliphatic heterocycles. The summed E-state index contributed by atoms with van der Waals surface area (Å²) >= 11 is 0. The van der Waals surface area contributed by atoms with Crippen molar-refractivity contribution in [3.05, 3.63) is 85.1 Å². The smallest absolute Gasteiger partial charge is 0.306 e. The van der Waals surface area contributed by atoms with Crippen LogP contribution < -0.4 is 0 Å². The quantitative estimate of drug-likeness (QED) is 0.0261. The lowest BCUT2D eigenvalue weighted by atomic mass is 10.0. The molecule has 0 radical (unpaired) electrons. The molecule has 6 heteroatoms. The van der Waals surface area contributed by atoms with Crippen LogP contribution in [-0.4, -0.2) is 37.2 Å². The van der Waals surface area contributed by atoms with E-state index in [1.807, 2.05) is 0 Å². The van der Waals surface area contributed by atoms with Gasteiger partial charge in [-0.15, -0.1) is 0 Å². The molecule has 0 saturated heterocycles. The van der Waals surface area contributed by atoms with E-state index in [0.29, 0.717) is 19.3 Å². The predicted octanol–water partition coefficient (Wildman–Crippen LogP) is 20.7. The zero-order valence-corrected chi connectivity index (χ0v) is 47.4. The van der Waals surface area contributed by atoms with Crippen molar-refractivity contribution in [1.82, 2.24) is 0 Å². The molecule has 1 unspecified atom stereocenters. The molecule has 1 atom stereocenters. The summed E-state index contributed by atoms with van der Waals surface area (Å²) < 4.78 is 16.8. The summed E-state index contributed by atoms with van der Waals surface area (Å²) in [6.45, 7) is 6.47. The lowest BCUT2D eigenvalue weighted by molar-refractivity contribution is -0.167. The van der Waals surface area contributed by atoms with Crippen molar-refractivity contribution in [2.24, 2.45) is 0 Å². The minimum Gasteiger partial charge on any atom is -0.462 e. The number of hydrogen-bond donors (Lipinski definition) is 0. The van der Waals surface area contributed by atoms with Crippen LogP contribution in [0.25, 0.3) is 0 Å². The number of allylic oxidation sites excluding steroid dienone is 14. The van der Waals surface area contributed by atoms with Gasteiger partial charge in [0.05, 0.1) is 0 Å². The Morgan fingerprint density at radius 3 is 0.847 bits per heavy atom. The monoisotopic (exact) mass is 1000 g/mol. The number of unbranched alkanes of at least 4 members (excludes halogenated alkanes) is 30. The molecule has 0 spiro atoms. The SMILES string of the molecule is CC/C=C\C/C=C\C/C=C\C/C=C\C/C=C\CCCCCCCCCCCCCC(=O)OCC(COC(=O)CCCCCCCC)OC(=O)CCCCCCCCCCC/C=C\C/C=C\CCCCCCC. The molecule has 0 bridgehead atoms. The van der Waals surface area contributed by atoms with E-state index in [1.165, 1.54) is 161 Å². The molecule has 0 N–H and O–H groups in total. The van der Waals surface area contributed by atoms with Gasteiger partial charge >= 0.3 is 17.9 Å². The van der Waals surface area contributed by atoms with Crippen LogP contribution in [0.4, 0.5) is 0 Å². The van der Waals surface area contributed by atoms with Crippen LogP contribution in [0.2, 0.25) is 0 Å².